The second kappa shape index (κ2) is 3.90. The van der Waals surface area contributed by atoms with Crippen LogP contribution < -0.4 is 0 Å². The molecule has 0 aliphatic rings. The van der Waals surface area contributed by atoms with Gasteiger partial charge < -0.3 is 14.9 Å². The Morgan fingerprint density at radius 1 is 1.80 bits per heavy atom. The first-order chi connectivity index (χ1) is 4.54. The maximum absolute atomic E-state index is 10.4. The highest BCUT2D eigenvalue weighted by molar-refractivity contribution is 5.84. The molecule has 2 N–H and O–H groups in total. The van der Waals surface area contributed by atoms with Crippen molar-refractivity contribution < 1.29 is 19.7 Å². The fraction of sp³-hybridized carbons (Fsp3) is 0.500. The molecule has 0 aromatic heterocycles. The van der Waals surface area contributed by atoms with Crippen LogP contribution in [0.25, 0.3) is 0 Å². The summed E-state index contributed by atoms with van der Waals surface area (Å²) in [6.45, 7) is 4.27. The monoisotopic (exact) mass is 146 g/mol. The molecule has 0 bridgehead atoms. The zero-order valence-corrected chi connectivity index (χ0v) is 5.70. The van der Waals surface area contributed by atoms with Crippen molar-refractivity contribution >= 4 is 5.97 Å². The van der Waals surface area contributed by atoms with E-state index >= 15 is 0 Å². The molecule has 0 saturated heterocycles. The average Bonchev–Trinajstić information content (AvgIpc) is 1.82. The van der Waals surface area contributed by atoms with Gasteiger partial charge in [0.05, 0.1) is 6.10 Å². The van der Waals surface area contributed by atoms with E-state index in [0.717, 1.165) is 0 Å². The maximum atomic E-state index is 10.4. The zero-order chi connectivity index (χ0) is 8.15. The highest BCUT2D eigenvalue weighted by Gasteiger charge is 2.06. The minimum atomic E-state index is -0.902. The molecule has 0 heterocycles. The molecule has 0 radical (unpaired) electrons. The Morgan fingerprint density at radius 3 is 2.60 bits per heavy atom. The SMILES string of the molecule is C=C(O)C(=O)OCC(C)O. The molecule has 0 fully saturated rings. The second-order valence-electron chi connectivity index (χ2n) is 1.89. The predicted molar refractivity (Wildman–Crippen MR) is 34.4 cm³/mol. The van der Waals surface area contributed by atoms with Crippen LogP contribution in [0.5, 0.6) is 0 Å². The molecule has 0 rings (SSSR count). The Morgan fingerprint density at radius 2 is 2.30 bits per heavy atom. The Bertz CT molecular complexity index is 139. The van der Waals surface area contributed by atoms with Crippen molar-refractivity contribution in [1.82, 2.24) is 0 Å². The lowest BCUT2D eigenvalue weighted by molar-refractivity contribution is -0.144. The molecule has 58 valence electrons. The van der Waals surface area contributed by atoms with E-state index in [1.807, 2.05) is 0 Å². The molecule has 0 aromatic carbocycles. The first kappa shape index (κ1) is 8.97. The molecule has 1 unspecified atom stereocenters. The predicted octanol–water partition coefficient (Wildman–Crippen LogP) is -0.0179. The molecule has 0 saturated carbocycles. The number of carbonyl (C=O) groups excluding carboxylic acids is 1. The van der Waals surface area contributed by atoms with Gasteiger partial charge in [0.15, 0.2) is 5.76 Å². The van der Waals surface area contributed by atoms with Crippen molar-refractivity contribution in [3.63, 3.8) is 0 Å². The smallest absolute Gasteiger partial charge is 0.372 e. The summed E-state index contributed by atoms with van der Waals surface area (Å²) in [4.78, 5) is 10.4. The molecule has 0 amide bonds. The number of hydrogen-bond donors (Lipinski definition) is 2. The minimum Gasteiger partial charge on any atom is -0.502 e. The molecular formula is C6H10O4. The lowest BCUT2D eigenvalue weighted by Crippen LogP contribution is -2.15. The summed E-state index contributed by atoms with van der Waals surface area (Å²) in [6, 6.07) is 0. The van der Waals surface area contributed by atoms with Crippen LogP contribution in [0.15, 0.2) is 12.3 Å². The van der Waals surface area contributed by atoms with Gasteiger partial charge in [-0.1, -0.05) is 0 Å². The molecule has 0 aliphatic carbocycles. The number of aliphatic hydroxyl groups excluding tert-OH is 2. The van der Waals surface area contributed by atoms with E-state index in [0.29, 0.717) is 0 Å². The summed E-state index contributed by atoms with van der Waals surface area (Å²) in [5.41, 5.74) is 0. The van der Waals surface area contributed by atoms with Gasteiger partial charge in [0.1, 0.15) is 6.61 Å². The van der Waals surface area contributed by atoms with Crippen molar-refractivity contribution in [3.8, 4) is 0 Å². The van der Waals surface area contributed by atoms with Gasteiger partial charge in [0.2, 0.25) is 0 Å². The van der Waals surface area contributed by atoms with Gasteiger partial charge in [-0.3, -0.25) is 0 Å². The van der Waals surface area contributed by atoms with Crippen LogP contribution in [-0.2, 0) is 9.53 Å². The Hall–Kier alpha value is -1.03. The number of rotatable bonds is 3. The first-order valence-corrected chi connectivity index (χ1v) is 2.77. The first-order valence-electron chi connectivity index (χ1n) is 2.77. The van der Waals surface area contributed by atoms with Gasteiger partial charge in [-0.15, -0.1) is 0 Å². The maximum Gasteiger partial charge on any atom is 0.372 e. The van der Waals surface area contributed by atoms with Gasteiger partial charge >= 0.3 is 5.97 Å². The van der Waals surface area contributed by atoms with Gasteiger partial charge in [-0.2, -0.15) is 0 Å². The number of aliphatic hydroxyl groups is 2. The summed E-state index contributed by atoms with van der Waals surface area (Å²) in [6.07, 6.45) is -0.719. The Balaban J connectivity index is 3.50. The summed E-state index contributed by atoms with van der Waals surface area (Å²) in [5.74, 6) is -1.55. The quantitative estimate of drug-likeness (QED) is 0.333. The third kappa shape index (κ3) is 3.91. The van der Waals surface area contributed by atoms with Crippen molar-refractivity contribution in [2.75, 3.05) is 6.61 Å². The molecule has 1 atom stereocenters. The molecule has 4 heteroatoms. The van der Waals surface area contributed by atoms with Crippen molar-refractivity contribution in [3.05, 3.63) is 12.3 Å². The fourth-order valence-corrected chi connectivity index (χ4v) is 0.280. The number of hydrogen-bond acceptors (Lipinski definition) is 4. The third-order valence-electron chi connectivity index (χ3n) is 0.691. The number of carbonyl (C=O) groups is 1. The molecule has 0 spiro atoms. The molecule has 0 aliphatic heterocycles. The van der Waals surface area contributed by atoms with E-state index in [1.54, 1.807) is 0 Å². The van der Waals surface area contributed by atoms with E-state index in [9.17, 15) is 4.79 Å². The molecule has 0 aromatic rings. The Labute approximate surface area is 58.7 Å². The average molecular weight is 146 g/mol. The van der Waals surface area contributed by atoms with E-state index in [4.69, 9.17) is 10.2 Å². The van der Waals surface area contributed by atoms with E-state index in [1.165, 1.54) is 6.92 Å². The van der Waals surface area contributed by atoms with Gasteiger partial charge in [0, 0.05) is 0 Å². The third-order valence-corrected chi connectivity index (χ3v) is 0.691. The Kier molecular flexibility index (Phi) is 3.49. The van der Waals surface area contributed by atoms with Gasteiger partial charge in [-0.25, -0.2) is 4.79 Å². The summed E-state index contributed by atoms with van der Waals surface area (Å²) < 4.78 is 4.33. The lowest BCUT2D eigenvalue weighted by Gasteiger charge is -2.04. The topological polar surface area (TPSA) is 66.8 Å². The number of ether oxygens (including phenoxy) is 1. The van der Waals surface area contributed by atoms with Crippen LogP contribution in [-0.4, -0.2) is 28.9 Å². The van der Waals surface area contributed by atoms with Gasteiger partial charge in [-0.05, 0) is 13.5 Å². The highest BCUT2D eigenvalue weighted by Crippen LogP contribution is 1.90. The van der Waals surface area contributed by atoms with Crippen LogP contribution >= 0.6 is 0 Å². The zero-order valence-electron chi connectivity index (χ0n) is 5.70. The van der Waals surface area contributed by atoms with Crippen LogP contribution in [0.2, 0.25) is 0 Å². The van der Waals surface area contributed by atoms with E-state index in [2.05, 4.69) is 11.3 Å². The van der Waals surface area contributed by atoms with Crippen LogP contribution in [0.4, 0.5) is 0 Å². The van der Waals surface area contributed by atoms with Crippen LogP contribution in [0.3, 0.4) is 0 Å². The van der Waals surface area contributed by atoms with Crippen LogP contribution in [0, 0.1) is 0 Å². The normalized spacial score (nSPS) is 12.2. The minimum absolute atomic E-state index is 0.127. The fourth-order valence-electron chi connectivity index (χ4n) is 0.280. The van der Waals surface area contributed by atoms with E-state index < -0.39 is 17.8 Å². The highest BCUT2D eigenvalue weighted by atomic mass is 16.6. The van der Waals surface area contributed by atoms with Gasteiger partial charge in [0.25, 0.3) is 0 Å². The number of esters is 1. The van der Waals surface area contributed by atoms with E-state index in [-0.39, 0.29) is 6.61 Å². The largest absolute Gasteiger partial charge is 0.502 e. The van der Waals surface area contributed by atoms with Crippen molar-refractivity contribution in [1.29, 1.82) is 0 Å². The second-order valence-corrected chi connectivity index (χ2v) is 1.89. The summed E-state index contributed by atoms with van der Waals surface area (Å²) in [5, 5.41) is 17.0. The van der Waals surface area contributed by atoms with Crippen LogP contribution in [0.1, 0.15) is 6.92 Å². The lowest BCUT2D eigenvalue weighted by atomic mass is 10.4. The standard InChI is InChI=1S/C6H10O4/c1-4(7)3-10-6(9)5(2)8/h4,7-8H,2-3H2,1H3. The molecule has 10 heavy (non-hydrogen) atoms. The summed E-state index contributed by atoms with van der Waals surface area (Å²) in [7, 11) is 0. The van der Waals surface area contributed by atoms with Crippen molar-refractivity contribution in [2.24, 2.45) is 0 Å². The molecular weight excluding hydrogens is 136 g/mol. The summed E-state index contributed by atoms with van der Waals surface area (Å²) >= 11 is 0. The van der Waals surface area contributed by atoms with Crippen molar-refractivity contribution in [2.45, 2.75) is 13.0 Å². The molecule has 4 nitrogen and oxygen atoms in total.